The molecule has 1 aliphatic rings. The summed E-state index contributed by atoms with van der Waals surface area (Å²) in [5.74, 6) is 2.03. The second kappa shape index (κ2) is 10.4. The summed E-state index contributed by atoms with van der Waals surface area (Å²) >= 11 is 0. The smallest absolute Gasteiger partial charge is 0.144 e. The zero-order chi connectivity index (χ0) is 25.1. The lowest BCUT2D eigenvalue weighted by molar-refractivity contribution is 0.240. The molecule has 36 heavy (non-hydrogen) atoms. The Hall–Kier alpha value is -3.85. The van der Waals surface area contributed by atoms with Crippen molar-refractivity contribution in [3.8, 4) is 17.0 Å². The van der Waals surface area contributed by atoms with Crippen LogP contribution < -0.4 is 20.3 Å². The molecule has 0 atom stereocenters. The molecule has 0 bridgehead atoms. The summed E-state index contributed by atoms with van der Waals surface area (Å²) in [4.78, 5) is 11.3. The highest BCUT2D eigenvalue weighted by molar-refractivity contribution is 5.85. The van der Waals surface area contributed by atoms with Crippen molar-refractivity contribution >= 4 is 33.8 Å². The van der Waals surface area contributed by atoms with Gasteiger partial charge in [-0.3, -0.25) is 4.68 Å². The maximum absolute atomic E-state index is 9.27. The number of fused-ring (bicyclic) bond motifs is 1. The molecule has 4 aromatic rings. The average Bonchev–Trinajstić information content (AvgIpc) is 3.29. The van der Waals surface area contributed by atoms with Gasteiger partial charge in [0.2, 0.25) is 0 Å². The molecule has 9 heteroatoms. The fraction of sp³-hybridized carbons (Fsp3) is 0.370. The minimum absolute atomic E-state index is 0.267. The number of aliphatic hydroxyl groups excluding tert-OH is 1. The van der Waals surface area contributed by atoms with Crippen LogP contribution >= 0.6 is 0 Å². The average molecular weight is 488 g/mol. The van der Waals surface area contributed by atoms with E-state index in [1.807, 2.05) is 37.1 Å². The Morgan fingerprint density at radius 2 is 1.92 bits per heavy atom. The molecule has 0 unspecified atom stereocenters. The molecule has 2 aromatic heterocycles. The Balaban J connectivity index is 1.40. The number of methoxy groups -OCH3 is 1. The van der Waals surface area contributed by atoms with Crippen LogP contribution in [0.3, 0.4) is 0 Å². The van der Waals surface area contributed by atoms with E-state index in [1.165, 1.54) is 0 Å². The number of hydrogen-bond donors (Lipinski definition) is 3. The Bertz CT molecular complexity index is 1350. The third kappa shape index (κ3) is 4.79. The Labute approximate surface area is 211 Å². The van der Waals surface area contributed by atoms with Crippen molar-refractivity contribution in [3.05, 3.63) is 48.9 Å². The van der Waals surface area contributed by atoms with Gasteiger partial charge in [0.25, 0.3) is 0 Å². The van der Waals surface area contributed by atoms with Crippen LogP contribution in [0.1, 0.15) is 19.3 Å². The van der Waals surface area contributed by atoms with Gasteiger partial charge in [0.05, 0.1) is 41.6 Å². The lowest BCUT2D eigenvalue weighted by atomic mass is 9.93. The number of anilines is 4. The highest BCUT2D eigenvalue weighted by Gasteiger charge is 2.22. The van der Waals surface area contributed by atoms with Crippen LogP contribution in [0.25, 0.3) is 22.2 Å². The minimum Gasteiger partial charge on any atom is -0.494 e. The molecule has 1 aliphatic heterocycles. The highest BCUT2D eigenvalue weighted by Crippen LogP contribution is 2.40. The number of rotatable bonds is 8. The van der Waals surface area contributed by atoms with Crippen molar-refractivity contribution in [1.29, 1.82) is 0 Å². The summed E-state index contributed by atoms with van der Waals surface area (Å²) in [6, 6.07) is 12.3. The van der Waals surface area contributed by atoms with Crippen molar-refractivity contribution < 1.29 is 9.84 Å². The topological polar surface area (TPSA) is 100 Å². The number of nitrogens with zero attached hydrogens (tertiary/aromatic N) is 5. The summed E-state index contributed by atoms with van der Waals surface area (Å²) in [5.41, 5.74) is 5.88. The van der Waals surface area contributed by atoms with Gasteiger partial charge < -0.3 is 25.4 Å². The van der Waals surface area contributed by atoms with E-state index in [2.05, 4.69) is 54.9 Å². The molecule has 0 aliphatic carbocycles. The van der Waals surface area contributed by atoms with E-state index in [4.69, 9.17) is 4.74 Å². The van der Waals surface area contributed by atoms with E-state index in [1.54, 1.807) is 13.4 Å². The van der Waals surface area contributed by atoms with Crippen LogP contribution in [-0.4, -0.2) is 58.7 Å². The van der Waals surface area contributed by atoms with E-state index >= 15 is 0 Å². The van der Waals surface area contributed by atoms with Gasteiger partial charge in [-0.15, -0.1) is 0 Å². The lowest BCUT2D eigenvalue weighted by Crippen LogP contribution is -2.34. The number of aryl methyl sites for hydroxylation is 1. The van der Waals surface area contributed by atoms with Crippen molar-refractivity contribution in [1.82, 2.24) is 19.7 Å². The molecular formula is C27H33N7O2. The molecule has 1 saturated heterocycles. The second-order valence-corrected chi connectivity index (χ2v) is 9.22. The van der Waals surface area contributed by atoms with Crippen molar-refractivity contribution in [2.24, 2.45) is 13.0 Å². The van der Waals surface area contributed by atoms with Crippen LogP contribution in [0.2, 0.25) is 0 Å². The van der Waals surface area contributed by atoms with Gasteiger partial charge in [0.15, 0.2) is 0 Å². The molecule has 1 fully saturated rings. The molecule has 188 valence electrons. The monoisotopic (exact) mass is 487 g/mol. The molecule has 0 spiro atoms. The van der Waals surface area contributed by atoms with E-state index in [0.717, 1.165) is 77.3 Å². The maximum atomic E-state index is 9.27. The number of ether oxygens (including phenoxy) is 1. The van der Waals surface area contributed by atoms with Crippen LogP contribution in [0.15, 0.2) is 48.9 Å². The quantitative estimate of drug-likeness (QED) is 0.336. The largest absolute Gasteiger partial charge is 0.494 e. The fourth-order valence-electron chi connectivity index (χ4n) is 4.99. The van der Waals surface area contributed by atoms with Gasteiger partial charge >= 0.3 is 0 Å². The van der Waals surface area contributed by atoms with Crippen LogP contribution in [0.4, 0.5) is 22.9 Å². The molecule has 3 heterocycles. The number of benzene rings is 2. The first-order valence-electron chi connectivity index (χ1n) is 12.4. The second-order valence-electron chi connectivity index (χ2n) is 9.22. The van der Waals surface area contributed by atoms with Crippen molar-refractivity contribution in [3.63, 3.8) is 0 Å². The number of piperidine rings is 1. The maximum Gasteiger partial charge on any atom is 0.144 e. The molecule has 3 N–H and O–H groups in total. The molecule has 0 radical (unpaired) electrons. The first-order valence-corrected chi connectivity index (χ1v) is 12.4. The third-order valence-electron chi connectivity index (χ3n) is 7.05. The number of nitrogens with one attached hydrogen (secondary N) is 2. The van der Waals surface area contributed by atoms with Gasteiger partial charge in [-0.1, -0.05) is 6.07 Å². The van der Waals surface area contributed by atoms with Crippen LogP contribution in [0.5, 0.6) is 5.75 Å². The van der Waals surface area contributed by atoms with Crippen molar-refractivity contribution in [2.45, 2.75) is 19.3 Å². The minimum atomic E-state index is 0.267. The van der Waals surface area contributed by atoms with E-state index < -0.39 is 0 Å². The predicted molar refractivity (Wildman–Crippen MR) is 144 cm³/mol. The summed E-state index contributed by atoms with van der Waals surface area (Å²) < 4.78 is 7.63. The first kappa shape index (κ1) is 23.9. The molecule has 5 rings (SSSR count). The molecule has 9 nitrogen and oxygen atoms in total. The van der Waals surface area contributed by atoms with Crippen LogP contribution in [-0.2, 0) is 7.05 Å². The fourth-order valence-corrected chi connectivity index (χ4v) is 4.99. The van der Waals surface area contributed by atoms with Gasteiger partial charge in [-0.05, 0) is 43.4 Å². The summed E-state index contributed by atoms with van der Waals surface area (Å²) in [5, 5.41) is 21.4. The van der Waals surface area contributed by atoms with E-state index in [9.17, 15) is 5.11 Å². The first-order chi connectivity index (χ1) is 17.6. The van der Waals surface area contributed by atoms with Gasteiger partial charge in [0.1, 0.15) is 17.9 Å². The Morgan fingerprint density at radius 3 is 2.67 bits per heavy atom. The third-order valence-corrected chi connectivity index (χ3v) is 7.05. The number of aromatic nitrogens is 4. The van der Waals surface area contributed by atoms with Crippen molar-refractivity contribution in [2.75, 3.05) is 49.4 Å². The summed E-state index contributed by atoms with van der Waals surface area (Å²) in [6.07, 6.45) is 6.48. The predicted octanol–water partition coefficient (Wildman–Crippen LogP) is 4.42. The summed E-state index contributed by atoms with van der Waals surface area (Å²) in [7, 11) is 5.56. The Kier molecular flexibility index (Phi) is 6.90. The number of hydrogen-bond acceptors (Lipinski definition) is 8. The van der Waals surface area contributed by atoms with Gasteiger partial charge in [-0.25, -0.2) is 9.97 Å². The highest BCUT2D eigenvalue weighted by atomic mass is 16.5. The number of aliphatic hydroxyl groups is 1. The SMILES string of the molecule is CNc1cc(Nc2cc(-c3ccc4c(cnn4C)c3)ncn2)c(OC)cc1N1CCC(CCO)CC1. The zero-order valence-electron chi connectivity index (χ0n) is 21.0. The van der Waals surface area contributed by atoms with E-state index in [0.29, 0.717) is 11.7 Å². The van der Waals surface area contributed by atoms with Crippen LogP contribution in [0, 0.1) is 5.92 Å². The lowest BCUT2D eigenvalue weighted by Gasteiger charge is -2.35. The Morgan fingerprint density at radius 1 is 1.08 bits per heavy atom. The molecular weight excluding hydrogens is 454 g/mol. The standard InChI is InChI=1S/C27H33N7O2/c1-28-22-13-23(26(36-3)15-25(22)34-9-6-18(7-10-34)8-11-35)32-27-14-21(29-17-30-27)19-4-5-24-20(12-19)16-31-33(24)2/h4-5,12-18,28,35H,6-11H2,1-3H3,(H,29,30,32). The normalized spacial score (nSPS) is 14.3. The van der Waals surface area contributed by atoms with Gasteiger partial charge in [-0.2, -0.15) is 5.10 Å². The van der Waals surface area contributed by atoms with E-state index in [-0.39, 0.29) is 6.61 Å². The summed E-state index contributed by atoms with van der Waals surface area (Å²) in [6.45, 7) is 2.20. The molecule has 2 aromatic carbocycles. The molecule has 0 amide bonds. The molecule has 0 saturated carbocycles. The van der Waals surface area contributed by atoms with Gasteiger partial charge in [0, 0.05) is 56.9 Å². The zero-order valence-corrected chi connectivity index (χ0v) is 21.0.